The number of hydrogen-bond donors (Lipinski definition) is 0. The molecule has 96 valence electrons. The third-order valence-electron chi connectivity index (χ3n) is 2.88. The number of rotatable bonds is 5. The molecule has 0 saturated carbocycles. The fourth-order valence-electron chi connectivity index (χ4n) is 1.68. The smallest absolute Gasteiger partial charge is 0.137 e. The van der Waals surface area contributed by atoms with Gasteiger partial charge in [-0.2, -0.15) is 0 Å². The van der Waals surface area contributed by atoms with Crippen LogP contribution in [0.3, 0.4) is 0 Å². The summed E-state index contributed by atoms with van der Waals surface area (Å²) in [6.45, 7) is 4.36. The van der Waals surface area contributed by atoms with E-state index in [0.717, 1.165) is 28.6 Å². The van der Waals surface area contributed by atoms with E-state index in [1.54, 1.807) is 7.11 Å². The SMILES string of the molecule is CCC(C)CC(Cl)c1cc(Cl)cc(Br)c1OC. The maximum atomic E-state index is 6.45. The van der Waals surface area contributed by atoms with Gasteiger partial charge in [-0.1, -0.05) is 31.9 Å². The number of alkyl halides is 1. The first-order valence-electron chi connectivity index (χ1n) is 5.66. The molecular formula is C13H17BrCl2O. The number of halogens is 3. The summed E-state index contributed by atoms with van der Waals surface area (Å²) >= 11 is 15.9. The highest BCUT2D eigenvalue weighted by Gasteiger charge is 2.18. The van der Waals surface area contributed by atoms with Gasteiger partial charge in [0.25, 0.3) is 0 Å². The van der Waals surface area contributed by atoms with E-state index in [-0.39, 0.29) is 5.38 Å². The first-order chi connectivity index (χ1) is 7.99. The maximum absolute atomic E-state index is 6.45. The molecule has 0 heterocycles. The molecule has 0 radical (unpaired) electrons. The molecule has 0 aliphatic carbocycles. The molecule has 1 aromatic rings. The van der Waals surface area contributed by atoms with Gasteiger partial charge in [-0.05, 0) is 40.4 Å². The van der Waals surface area contributed by atoms with Gasteiger partial charge >= 0.3 is 0 Å². The van der Waals surface area contributed by atoms with Crippen molar-refractivity contribution in [2.24, 2.45) is 5.92 Å². The van der Waals surface area contributed by atoms with Gasteiger partial charge in [-0.3, -0.25) is 0 Å². The molecule has 0 aliphatic rings. The van der Waals surface area contributed by atoms with Crippen molar-refractivity contribution in [1.29, 1.82) is 0 Å². The lowest BCUT2D eigenvalue weighted by atomic mass is 9.98. The molecule has 4 heteroatoms. The van der Waals surface area contributed by atoms with E-state index in [1.165, 1.54) is 0 Å². The Kier molecular flexibility index (Phi) is 6.11. The quantitative estimate of drug-likeness (QED) is 0.613. The molecule has 0 saturated heterocycles. The Labute approximate surface area is 122 Å². The van der Waals surface area contributed by atoms with Gasteiger partial charge in [0.1, 0.15) is 5.75 Å². The van der Waals surface area contributed by atoms with E-state index in [0.29, 0.717) is 10.9 Å². The van der Waals surface area contributed by atoms with E-state index in [1.807, 2.05) is 12.1 Å². The van der Waals surface area contributed by atoms with Crippen molar-refractivity contribution < 1.29 is 4.74 Å². The molecule has 0 bridgehead atoms. The van der Waals surface area contributed by atoms with Crippen LogP contribution in [0.25, 0.3) is 0 Å². The molecule has 1 nitrogen and oxygen atoms in total. The lowest BCUT2D eigenvalue weighted by Crippen LogP contribution is -2.02. The van der Waals surface area contributed by atoms with Gasteiger partial charge in [0, 0.05) is 10.6 Å². The molecule has 17 heavy (non-hydrogen) atoms. The summed E-state index contributed by atoms with van der Waals surface area (Å²) < 4.78 is 6.22. The Morgan fingerprint density at radius 1 is 1.41 bits per heavy atom. The fraction of sp³-hybridized carbons (Fsp3) is 0.538. The fourth-order valence-corrected chi connectivity index (χ4v) is 3.14. The van der Waals surface area contributed by atoms with Crippen molar-refractivity contribution >= 4 is 39.1 Å². The Morgan fingerprint density at radius 3 is 2.59 bits per heavy atom. The van der Waals surface area contributed by atoms with E-state index in [2.05, 4.69) is 29.8 Å². The second-order valence-electron chi connectivity index (χ2n) is 4.23. The Bertz CT molecular complexity index is 382. The lowest BCUT2D eigenvalue weighted by molar-refractivity contribution is 0.402. The van der Waals surface area contributed by atoms with Gasteiger partial charge in [0.15, 0.2) is 0 Å². The highest BCUT2D eigenvalue weighted by Crippen LogP contribution is 2.40. The highest BCUT2D eigenvalue weighted by atomic mass is 79.9. The van der Waals surface area contributed by atoms with Crippen LogP contribution >= 0.6 is 39.1 Å². The average Bonchev–Trinajstić information content (AvgIpc) is 2.27. The van der Waals surface area contributed by atoms with Crippen molar-refractivity contribution in [3.05, 3.63) is 27.2 Å². The Balaban J connectivity index is 3.02. The van der Waals surface area contributed by atoms with E-state index in [9.17, 15) is 0 Å². The van der Waals surface area contributed by atoms with Crippen LogP contribution in [0, 0.1) is 5.92 Å². The van der Waals surface area contributed by atoms with Gasteiger partial charge in [0.05, 0.1) is 17.0 Å². The summed E-state index contributed by atoms with van der Waals surface area (Å²) in [7, 11) is 1.64. The van der Waals surface area contributed by atoms with Gasteiger partial charge in [-0.15, -0.1) is 11.6 Å². The first kappa shape index (κ1) is 15.1. The van der Waals surface area contributed by atoms with Crippen molar-refractivity contribution in [3.63, 3.8) is 0 Å². The minimum atomic E-state index is -0.0742. The zero-order valence-electron chi connectivity index (χ0n) is 10.3. The largest absolute Gasteiger partial charge is 0.495 e. The zero-order chi connectivity index (χ0) is 13.0. The average molecular weight is 340 g/mol. The molecular weight excluding hydrogens is 323 g/mol. The summed E-state index contributed by atoms with van der Waals surface area (Å²) in [4.78, 5) is 0. The molecule has 0 aromatic heterocycles. The van der Waals surface area contributed by atoms with Crippen LogP contribution in [0.5, 0.6) is 5.75 Å². The summed E-state index contributed by atoms with van der Waals surface area (Å²) in [5, 5.41) is 0.595. The van der Waals surface area contributed by atoms with Crippen LogP contribution in [0.2, 0.25) is 5.02 Å². The number of hydrogen-bond acceptors (Lipinski definition) is 1. The first-order valence-corrected chi connectivity index (χ1v) is 7.27. The van der Waals surface area contributed by atoms with E-state index in [4.69, 9.17) is 27.9 Å². The molecule has 1 rings (SSSR count). The third-order valence-corrected chi connectivity index (χ3v) is 4.11. The van der Waals surface area contributed by atoms with E-state index >= 15 is 0 Å². The van der Waals surface area contributed by atoms with Crippen molar-refractivity contribution in [3.8, 4) is 5.75 Å². The molecule has 0 aliphatic heterocycles. The Hall–Kier alpha value is 0.0800. The summed E-state index contributed by atoms with van der Waals surface area (Å²) in [6.07, 6.45) is 2.04. The van der Waals surface area contributed by atoms with Gasteiger partial charge in [-0.25, -0.2) is 0 Å². The minimum absolute atomic E-state index is 0.0742. The molecule has 2 atom stereocenters. The summed E-state index contributed by atoms with van der Waals surface area (Å²) in [5.41, 5.74) is 0.953. The number of ether oxygens (including phenoxy) is 1. The summed E-state index contributed by atoms with van der Waals surface area (Å²) in [5.74, 6) is 1.36. The predicted molar refractivity (Wildman–Crippen MR) is 78.4 cm³/mol. The molecule has 2 unspecified atom stereocenters. The third kappa shape index (κ3) is 4.04. The van der Waals surface area contributed by atoms with Crippen molar-refractivity contribution in [2.45, 2.75) is 32.1 Å². The van der Waals surface area contributed by atoms with Crippen LogP contribution in [0.15, 0.2) is 16.6 Å². The zero-order valence-corrected chi connectivity index (χ0v) is 13.4. The predicted octanol–water partition coefficient (Wildman–Crippen LogP) is 5.83. The van der Waals surface area contributed by atoms with Gasteiger partial charge in [0.2, 0.25) is 0 Å². The molecule has 1 aromatic carbocycles. The van der Waals surface area contributed by atoms with Crippen molar-refractivity contribution in [1.82, 2.24) is 0 Å². The normalized spacial score (nSPS) is 14.5. The van der Waals surface area contributed by atoms with Crippen LogP contribution in [-0.4, -0.2) is 7.11 Å². The molecule has 0 N–H and O–H groups in total. The lowest BCUT2D eigenvalue weighted by Gasteiger charge is -2.18. The number of benzene rings is 1. The minimum Gasteiger partial charge on any atom is -0.495 e. The monoisotopic (exact) mass is 338 g/mol. The topological polar surface area (TPSA) is 9.23 Å². The summed E-state index contributed by atoms with van der Waals surface area (Å²) in [6, 6.07) is 3.70. The van der Waals surface area contributed by atoms with Crippen LogP contribution in [0.1, 0.15) is 37.6 Å². The molecule has 0 amide bonds. The van der Waals surface area contributed by atoms with Crippen LogP contribution in [0.4, 0.5) is 0 Å². The second-order valence-corrected chi connectivity index (χ2v) is 6.04. The van der Waals surface area contributed by atoms with Gasteiger partial charge < -0.3 is 4.74 Å². The Morgan fingerprint density at radius 2 is 2.06 bits per heavy atom. The maximum Gasteiger partial charge on any atom is 0.137 e. The van der Waals surface area contributed by atoms with Crippen LogP contribution < -0.4 is 4.74 Å². The number of methoxy groups -OCH3 is 1. The van der Waals surface area contributed by atoms with Crippen molar-refractivity contribution in [2.75, 3.05) is 7.11 Å². The highest BCUT2D eigenvalue weighted by molar-refractivity contribution is 9.10. The second kappa shape index (κ2) is 6.86. The van der Waals surface area contributed by atoms with E-state index < -0.39 is 0 Å². The van der Waals surface area contributed by atoms with Crippen LogP contribution in [-0.2, 0) is 0 Å². The standard InChI is InChI=1S/C13H17BrCl2O/c1-4-8(2)5-12(16)10-6-9(15)7-11(14)13(10)17-3/h6-8,12H,4-5H2,1-3H3. The molecule has 0 fully saturated rings. The molecule has 0 spiro atoms.